The highest BCUT2D eigenvalue weighted by Crippen LogP contribution is 2.31. The Labute approximate surface area is 192 Å². The molecule has 6 nitrogen and oxygen atoms in total. The molecule has 2 aromatic carbocycles. The number of carbonyl (C=O) groups is 2. The highest BCUT2D eigenvalue weighted by molar-refractivity contribution is 6.34. The Balaban J connectivity index is 1.81. The first-order valence-electron chi connectivity index (χ1n) is 9.60. The quantitative estimate of drug-likeness (QED) is 0.384. The van der Waals surface area contributed by atoms with Crippen LogP contribution in [-0.4, -0.2) is 23.0 Å². The minimum absolute atomic E-state index is 0.105. The maximum Gasteiger partial charge on any atom is 0.417 e. The molecular weight excluding hydrogens is 457 g/mol. The zero-order valence-corrected chi connectivity index (χ0v) is 18.3. The maximum atomic E-state index is 12.8. The van der Waals surface area contributed by atoms with Crippen molar-refractivity contribution in [2.24, 2.45) is 5.10 Å². The van der Waals surface area contributed by atoms with Gasteiger partial charge >= 0.3 is 6.18 Å². The number of benzene rings is 2. The van der Waals surface area contributed by atoms with Gasteiger partial charge in [0.25, 0.3) is 11.8 Å². The van der Waals surface area contributed by atoms with E-state index in [0.29, 0.717) is 17.8 Å². The SMILES string of the molecule is Cc1ccccc1/C=N/NC(=O)c1cccc(C)c1NC(=O)c1ncc(C(F)(F)F)cc1Cl. The number of aromatic nitrogens is 1. The van der Waals surface area contributed by atoms with Crippen molar-refractivity contribution in [2.45, 2.75) is 20.0 Å². The lowest BCUT2D eigenvalue weighted by Gasteiger charge is -2.14. The van der Waals surface area contributed by atoms with E-state index in [2.05, 4.69) is 20.8 Å². The van der Waals surface area contributed by atoms with Gasteiger partial charge in [-0.25, -0.2) is 10.4 Å². The van der Waals surface area contributed by atoms with Gasteiger partial charge in [0, 0.05) is 6.20 Å². The Kier molecular flexibility index (Phi) is 7.13. The van der Waals surface area contributed by atoms with Crippen molar-refractivity contribution in [1.82, 2.24) is 10.4 Å². The predicted molar refractivity (Wildman–Crippen MR) is 120 cm³/mol. The zero-order valence-electron chi connectivity index (χ0n) is 17.5. The van der Waals surface area contributed by atoms with E-state index < -0.39 is 34.3 Å². The summed E-state index contributed by atoms with van der Waals surface area (Å²) in [5.41, 5.74) is 3.52. The number of anilines is 1. The third kappa shape index (κ3) is 5.75. The van der Waals surface area contributed by atoms with Gasteiger partial charge in [0.1, 0.15) is 5.69 Å². The number of rotatable bonds is 5. The van der Waals surface area contributed by atoms with Crippen LogP contribution in [-0.2, 0) is 6.18 Å². The van der Waals surface area contributed by atoms with Crippen molar-refractivity contribution in [2.75, 3.05) is 5.32 Å². The molecule has 0 fully saturated rings. The van der Waals surface area contributed by atoms with E-state index >= 15 is 0 Å². The van der Waals surface area contributed by atoms with Gasteiger partial charge in [-0.2, -0.15) is 18.3 Å². The predicted octanol–water partition coefficient (Wildman–Crippen LogP) is 5.39. The molecular formula is C23H18ClF3N4O2. The number of alkyl halides is 3. The number of hydrazone groups is 1. The van der Waals surface area contributed by atoms with Gasteiger partial charge in [-0.3, -0.25) is 9.59 Å². The van der Waals surface area contributed by atoms with Crippen LogP contribution in [0.25, 0.3) is 0 Å². The number of pyridine rings is 1. The molecule has 2 N–H and O–H groups in total. The molecule has 1 heterocycles. The number of hydrogen-bond donors (Lipinski definition) is 2. The number of halogens is 4. The summed E-state index contributed by atoms with van der Waals surface area (Å²) in [6.07, 6.45) is -2.63. The van der Waals surface area contributed by atoms with Crippen molar-refractivity contribution in [3.8, 4) is 0 Å². The molecule has 1 aromatic heterocycles. The summed E-state index contributed by atoms with van der Waals surface area (Å²) in [7, 11) is 0. The summed E-state index contributed by atoms with van der Waals surface area (Å²) >= 11 is 5.86. The van der Waals surface area contributed by atoms with Crippen molar-refractivity contribution >= 4 is 35.3 Å². The fourth-order valence-corrected chi connectivity index (χ4v) is 3.16. The molecule has 0 saturated heterocycles. The maximum absolute atomic E-state index is 12.8. The first-order chi connectivity index (χ1) is 15.6. The second-order valence-electron chi connectivity index (χ2n) is 7.06. The summed E-state index contributed by atoms with van der Waals surface area (Å²) in [5, 5.41) is 6.00. The molecule has 0 saturated carbocycles. The number of hydrogen-bond acceptors (Lipinski definition) is 4. The lowest BCUT2D eigenvalue weighted by Crippen LogP contribution is -2.23. The van der Waals surface area contributed by atoms with Crippen LogP contribution < -0.4 is 10.7 Å². The van der Waals surface area contributed by atoms with Crippen molar-refractivity contribution in [3.63, 3.8) is 0 Å². The minimum Gasteiger partial charge on any atom is -0.320 e. The van der Waals surface area contributed by atoms with Gasteiger partial charge in [0.2, 0.25) is 0 Å². The molecule has 33 heavy (non-hydrogen) atoms. The van der Waals surface area contributed by atoms with Crippen LogP contribution in [0.15, 0.2) is 59.8 Å². The van der Waals surface area contributed by atoms with Gasteiger partial charge < -0.3 is 5.32 Å². The van der Waals surface area contributed by atoms with Gasteiger partial charge in [-0.15, -0.1) is 0 Å². The molecule has 0 aliphatic heterocycles. The molecule has 0 radical (unpaired) electrons. The van der Waals surface area contributed by atoms with E-state index in [4.69, 9.17) is 11.6 Å². The summed E-state index contributed by atoms with van der Waals surface area (Å²) in [4.78, 5) is 28.9. The van der Waals surface area contributed by atoms with E-state index in [1.54, 1.807) is 19.1 Å². The average molecular weight is 475 g/mol. The van der Waals surface area contributed by atoms with E-state index in [9.17, 15) is 22.8 Å². The van der Waals surface area contributed by atoms with E-state index in [1.165, 1.54) is 12.3 Å². The fraction of sp³-hybridized carbons (Fsp3) is 0.130. The monoisotopic (exact) mass is 474 g/mol. The molecule has 0 aliphatic rings. The third-order valence-electron chi connectivity index (χ3n) is 4.70. The van der Waals surface area contributed by atoms with Crippen LogP contribution >= 0.6 is 11.6 Å². The summed E-state index contributed by atoms with van der Waals surface area (Å²) in [6, 6.07) is 12.8. The number of carbonyl (C=O) groups excluding carboxylic acids is 2. The Hall–Kier alpha value is -3.72. The standard InChI is InChI=1S/C23H18ClF3N4O2/c1-13-6-3-4-8-15(13)11-29-31-21(32)17-9-5-7-14(2)19(17)30-22(33)20-18(24)10-16(12-28-20)23(25,26)27/h3-12H,1-2H3,(H,30,33)(H,31,32)/b29-11+. The van der Waals surface area contributed by atoms with Crippen LogP contribution in [0.5, 0.6) is 0 Å². The second kappa shape index (κ2) is 9.83. The largest absolute Gasteiger partial charge is 0.417 e. The number of para-hydroxylation sites is 1. The van der Waals surface area contributed by atoms with Gasteiger partial charge in [-0.05, 0) is 42.7 Å². The lowest BCUT2D eigenvalue weighted by molar-refractivity contribution is -0.137. The molecule has 170 valence electrons. The van der Waals surface area contributed by atoms with Crippen LogP contribution in [0.2, 0.25) is 5.02 Å². The van der Waals surface area contributed by atoms with Gasteiger partial charge in [0.15, 0.2) is 0 Å². The Morgan fingerprint density at radius 3 is 2.39 bits per heavy atom. The Bertz CT molecular complexity index is 1240. The van der Waals surface area contributed by atoms with Gasteiger partial charge in [0.05, 0.1) is 28.1 Å². The summed E-state index contributed by atoms with van der Waals surface area (Å²) in [5.74, 6) is -1.45. The highest BCUT2D eigenvalue weighted by atomic mass is 35.5. The Morgan fingerprint density at radius 1 is 1.03 bits per heavy atom. The number of nitrogens with one attached hydrogen (secondary N) is 2. The van der Waals surface area contributed by atoms with Crippen LogP contribution in [0.1, 0.15) is 43.1 Å². The van der Waals surface area contributed by atoms with Crippen LogP contribution in [0, 0.1) is 13.8 Å². The molecule has 3 aromatic rings. The van der Waals surface area contributed by atoms with E-state index in [-0.39, 0.29) is 11.3 Å². The van der Waals surface area contributed by atoms with E-state index in [1.807, 2.05) is 31.2 Å². The lowest BCUT2D eigenvalue weighted by atomic mass is 10.1. The smallest absolute Gasteiger partial charge is 0.320 e. The highest BCUT2D eigenvalue weighted by Gasteiger charge is 2.32. The zero-order chi connectivity index (χ0) is 24.2. The molecule has 2 amide bonds. The molecule has 0 aliphatic carbocycles. The van der Waals surface area contributed by atoms with Crippen molar-refractivity contribution in [3.05, 3.63) is 93.3 Å². The summed E-state index contributed by atoms with van der Waals surface area (Å²) < 4.78 is 38.5. The van der Waals surface area contributed by atoms with Crippen LogP contribution in [0.4, 0.5) is 18.9 Å². The van der Waals surface area contributed by atoms with Crippen LogP contribution in [0.3, 0.4) is 0 Å². The number of aryl methyl sites for hydroxylation is 2. The molecule has 0 unspecified atom stereocenters. The topological polar surface area (TPSA) is 83.5 Å². The van der Waals surface area contributed by atoms with Gasteiger partial charge in [-0.1, -0.05) is 48.0 Å². The van der Waals surface area contributed by atoms with Crippen molar-refractivity contribution in [1.29, 1.82) is 0 Å². The molecule has 10 heteroatoms. The van der Waals surface area contributed by atoms with E-state index in [0.717, 1.165) is 11.1 Å². The molecule has 0 spiro atoms. The molecule has 0 bridgehead atoms. The normalized spacial score (nSPS) is 11.5. The first-order valence-corrected chi connectivity index (χ1v) is 9.98. The number of amides is 2. The second-order valence-corrected chi connectivity index (χ2v) is 7.47. The summed E-state index contributed by atoms with van der Waals surface area (Å²) in [6.45, 7) is 3.56. The van der Waals surface area contributed by atoms with Crippen molar-refractivity contribution < 1.29 is 22.8 Å². The third-order valence-corrected chi connectivity index (χ3v) is 4.99. The average Bonchev–Trinajstić information content (AvgIpc) is 2.75. The Morgan fingerprint density at radius 2 is 1.73 bits per heavy atom. The molecule has 3 rings (SSSR count). The first kappa shape index (κ1) is 23.9. The fourth-order valence-electron chi connectivity index (χ4n) is 2.91. The molecule has 0 atom stereocenters. The minimum atomic E-state index is -4.65. The number of nitrogens with zero attached hydrogens (tertiary/aromatic N) is 2.